The third kappa shape index (κ3) is 3.50. The van der Waals surface area contributed by atoms with Crippen LogP contribution in [0.25, 0.3) is 0 Å². The van der Waals surface area contributed by atoms with E-state index in [-0.39, 0.29) is 12.1 Å². The van der Waals surface area contributed by atoms with Gasteiger partial charge in [-0.05, 0) is 0 Å². The fraction of sp³-hybridized carbons (Fsp3) is 0.600. The van der Waals surface area contributed by atoms with Gasteiger partial charge in [0.25, 0.3) is 0 Å². The number of hydrogen-bond acceptors (Lipinski definition) is 8. The van der Waals surface area contributed by atoms with Crippen molar-refractivity contribution in [3.63, 3.8) is 0 Å². The molecule has 0 aromatic heterocycles. The van der Waals surface area contributed by atoms with Gasteiger partial charge in [0, 0.05) is 24.2 Å². The van der Waals surface area contributed by atoms with Crippen LogP contribution in [0.3, 0.4) is 0 Å². The second-order valence-corrected chi connectivity index (χ2v) is 4.37. The zero-order valence-electron chi connectivity index (χ0n) is 9.82. The molecule has 0 unspecified atom stereocenters. The van der Waals surface area contributed by atoms with E-state index in [9.17, 15) is 9.59 Å². The zero-order valence-corrected chi connectivity index (χ0v) is 9.82. The van der Waals surface area contributed by atoms with Crippen molar-refractivity contribution in [2.24, 2.45) is 11.5 Å². The summed E-state index contributed by atoms with van der Waals surface area (Å²) < 4.78 is 0. The smallest absolute Gasteiger partial charge is 0.349 e. The second-order valence-electron chi connectivity index (χ2n) is 4.37. The standard InChI is InChI=1S/C10H16N4O4/c11-7-3-13(4-7)17-9(15)1-2-10(16)18-14-5-8(12)6-14/h1-2,7-8H,3-6,11-12H2/b2-1-. The van der Waals surface area contributed by atoms with Crippen molar-refractivity contribution in [2.75, 3.05) is 26.2 Å². The van der Waals surface area contributed by atoms with Crippen LogP contribution >= 0.6 is 0 Å². The summed E-state index contributed by atoms with van der Waals surface area (Å²) in [6.45, 7) is 2.04. The van der Waals surface area contributed by atoms with Crippen LogP contribution in [0.15, 0.2) is 12.2 Å². The minimum absolute atomic E-state index is 0.0439. The molecular weight excluding hydrogens is 240 g/mol. The van der Waals surface area contributed by atoms with Crippen molar-refractivity contribution in [3.8, 4) is 0 Å². The van der Waals surface area contributed by atoms with Crippen LogP contribution in [-0.4, -0.2) is 60.3 Å². The lowest BCUT2D eigenvalue weighted by Crippen LogP contribution is -2.56. The highest BCUT2D eigenvalue weighted by Gasteiger charge is 2.27. The Kier molecular flexibility index (Phi) is 3.92. The first kappa shape index (κ1) is 13.0. The molecule has 0 bridgehead atoms. The first-order valence-corrected chi connectivity index (χ1v) is 5.66. The van der Waals surface area contributed by atoms with Crippen molar-refractivity contribution in [2.45, 2.75) is 12.1 Å². The maximum Gasteiger partial charge on any atom is 0.349 e. The van der Waals surface area contributed by atoms with Gasteiger partial charge in [0.15, 0.2) is 0 Å². The average Bonchev–Trinajstić information content (AvgIpc) is 2.22. The molecule has 0 aromatic rings. The summed E-state index contributed by atoms with van der Waals surface area (Å²) in [5, 5.41) is 2.86. The second kappa shape index (κ2) is 5.44. The van der Waals surface area contributed by atoms with Gasteiger partial charge in [-0.15, -0.1) is 10.1 Å². The topological polar surface area (TPSA) is 111 Å². The summed E-state index contributed by atoms with van der Waals surface area (Å²) in [7, 11) is 0. The third-order valence-corrected chi connectivity index (χ3v) is 2.55. The summed E-state index contributed by atoms with van der Waals surface area (Å²) in [6, 6.07) is 0.0877. The Bertz CT molecular complexity index is 327. The fourth-order valence-electron chi connectivity index (χ4n) is 1.54. The Morgan fingerprint density at radius 3 is 1.50 bits per heavy atom. The lowest BCUT2D eigenvalue weighted by Gasteiger charge is -2.34. The molecule has 2 aliphatic rings. The average molecular weight is 256 g/mol. The molecule has 0 aromatic carbocycles. The highest BCUT2D eigenvalue weighted by Crippen LogP contribution is 2.07. The number of hydrogen-bond donors (Lipinski definition) is 2. The van der Waals surface area contributed by atoms with Gasteiger partial charge >= 0.3 is 11.9 Å². The molecule has 2 fully saturated rings. The van der Waals surface area contributed by atoms with Crippen LogP contribution in [0, 0.1) is 0 Å². The number of nitrogens with zero attached hydrogens (tertiary/aromatic N) is 2. The van der Waals surface area contributed by atoms with E-state index in [4.69, 9.17) is 21.1 Å². The highest BCUT2D eigenvalue weighted by molar-refractivity contribution is 5.91. The summed E-state index contributed by atoms with van der Waals surface area (Å²) in [6.07, 6.45) is 2.04. The Labute approximate surface area is 104 Å². The quantitative estimate of drug-likeness (QED) is 0.542. The minimum Gasteiger partial charge on any atom is -0.364 e. The predicted molar refractivity (Wildman–Crippen MR) is 60.4 cm³/mol. The largest absolute Gasteiger partial charge is 0.364 e. The lowest BCUT2D eigenvalue weighted by molar-refractivity contribution is -0.207. The molecule has 0 saturated carbocycles. The van der Waals surface area contributed by atoms with E-state index >= 15 is 0 Å². The molecule has 2 aliphatic heterocycles. The summed E-state index contributed by atoms with van der Waals surface area (Å²) in [5.41, 5.74) is 11.0. The van der Waals surface area contributed by atoms with E-state index < -0.39 is 11.9 Å². The van der Waals surface area contributed by atoms with E-state index in [0.717, 1.165) is 12.2 Å². The lowest BCUT2D eigenvalue weighted by atomic mass is 10.2. The van der Waals surface area contributed by atoms with Gasteiger partial charge in [-0.25, -0.2) is 9.59 Å². The number of carbonyl (C=O) groups is 2. The maximum atomic E-state index is 11.2. The molecule has 8 heteroatoms. The van der Waals surface area contributed by atoms with Crippen molar-refractivity contribution in [1.29, 1.82) is 0 Å². The number of carbonyl (C=O) groups excluding carboxylic acids is 2. The van der Waals surface area contributed by atoms with Crippen LogP contribution in [0.5, 0.6) is 0 Å². The fourth-order valence-corrected chi connectivity index (χ4v) is 1.54. The number of rotatable bonds is 4. The van der Waals surface area contributed by atoms with E-state index in [1.54, 1.807) is 0 Å². The molecule has 0 amide bonds. The Balaban J connectivity index is 1.63. The summed E-state index contributed by atoms with van der Waals surface area (Å²) >= 11 is 0. The number of hydroxylamine groups is 4. The van der Waals surface area contributed by atoms with Crippen LogP contribution in [0.4, 0.5) is 0 Å². The minimum atomic E-state index is -0.626. The number of nitrogens with two attached hydrogens (primary N) is 2. The Hall–Kier alpha value is -1.48. The van der Waals surface area contributed by atoms with Crippen LogP contribution in [0.1, 0.15) is 0 Å². The summed E-state index contributed by atoms with van der Waals surface area (Å²) in [4.78, 5) is 32.2. The van der Waals surface area contributed by atoms with Crippen molar-refractivity contribution in [1.82, 2.24) is 10.1 Å². The third-order valence-electron chi connectivity index (χ3n) is 2.55. The van der Waals surface area contributed by atoms with Crippen molar-refractivity contribution in [3.05, 3.63) is 12.2 Å². The molecule has 0 atom stereocenters. The molecule has 18 heavy (non-hydrogen) atoms. The van der Waals surface area contributed by atoms with Crippen LogP contribution < -0.4 is 11.5 Å². The molecule has 2 rings (SSSR count). The molecule has 2 heterocycles. The molecule has 0 aliphatic carbocycles. The SMILES string of the molecule is NC1CN(OC(=O)/C=C\C(=O)ON2CC(N)C2)C1. The predicted octanol–water partition coefficient (Wildman–Crippen LogP) is -2.26. The summed E-state index contributed by atoms with van der Waals surface area (Å²) in [5.74, 6) is -1.25. The van der Waals surface area contributed by atoms with Gasteiger partial charge in [0.1, 0.15) is 0 Å². The Morgan fingerprint density at radius 1 is 0.889 bits per heavy atom. The molecular formula is C10H16N4O4. The molecule has 8 nitrogen and oxygen atoms in total. The van der Waals surface area contributed by atoms with Gasteiger partial charge in [-0.2, -0.15) is 0 Å². The van der Waals surface area contributed by atoms with E-state index in [1.165, 1.54) is 10.1 Å². The van der Waals surface area contributed by atoms with E-state index in [1.807, 2.05) is 0 Å². The molecule has 0 spiro atoms. The zero-order chi connectivity index (χ0) is 13.1. The Morgan fingerprint density at radius 2 is 1.22 bits per heavy atom. The maximum absolute atomic E-state index is 11.2. The molecule has 2 saturated heterocycles. The van der Waals surface area contributed by atoms with E-state index in [0.29, 0.717) is 26.2 Å². The molecule has 0 radical (unpaired) electrons. The van der Waals surface area contributed by atoms with Gasteiger partial charge in [0.2, 0.25) is 0 Å². The monoisotopic (exact) mass is 256 g/mol. The van der Waals surface area contributed by atoms with Crippen LogP contribution in [0.2, 0.25) is 0 Å². The van der Waals surface area contributed by atoms with Crippen molar-refractivity contribution < 1.29 is 19.3 Å². The highest BCUT2D eigenvalue weighted by atomic mass is 16.7. The van der Waals surface area contributed by atoms with E-state index in [2.05, 4.69) is 0 Å². The van der Waals surface area contributed by atoms with Gasteiger partial charge < -0.3 is 21.1 Å². The molecule has 4 N–H and O–H groups in total. The van der Waals surface area contributed by atoms with Gasteiger partial charge in [-0.1, -0.05) is 0 Å². The molecule has 100 valence electrons. The van der Waals surface area contributed by atoms with Crippen LogP contribution in [-0.2, 0) is 19.3 Å². The first-order valence-electron chi connectivity index (χ1n) is 5.66. The first-order chi connectivity index (χ1) is 8.52. The normalized spacial score (nSPS) is 22.6. The van der Waals surface area contributed by atoms with Gasteiger partial charge in [0.05, 0.1) is 26.2 Å². The van der Waals surface area contributed by atoms with Crippen molar-refractivity contribution >= 4 is 11.9 Å². The van der Waals surface area contributed by atoms with Gasteiger partial charge in [-0.3, -0.25) is 0 Å².